The molecule has 0 spiro atoms. The lowest BCUT2D eigenvalue weighted by molar-refractivity contribution is 0.100. The molecule has 3 aromatic heterocycles. The first-order chi connectivity index (χ1) is 24.3. The van der Waals surface area contributed by atoms with Gasteiger partial charge in [-0.3, -0.25) is 4.79 Å². The average molecular weight is 710 g/mol. The van der Waals surface area contributed by atoms with Crippen molar-refractivity contribution in [3.05, 3.63) is 88.1 Å². The summed E-state index contributed by atoms with van der Waals surface area (Å²) in [6.45, 7) is 7.02. The first kappa shape index (κ1) is 34.3. The Morgan fingerprint density at radius 3 is 1.80 bits per heavy atom. The van der Waals surface area contributed by atoms with Crippen LogP contribution in [0.25, 0.3) is 10.2 Å². The van der Waals surface area contributed by atoms with Crippen molar-refractivity contribution in [3.8, 4) is 17.6 Å². The van der Waals surface area contributed by atoms with Gasteiger partial charge in [0.05, 0.1) is 36.7 Å². The number of anilines is 5. The number of piperazine rings is 2. The Bertz CT molecular complexity index is 2040. The number of nitriles is 1. The third kappa shape index (κ3) is 7.24. The van der Waals surface area contributed by atoms with E-state index in [2.05, 4.69) is 59.9 Å². The molecule has 50 heavy (non-hydrogen) atoms. The minimum absolute atomic E-state index is 0.377. The van der Waals surface area contributed by atoms with E-state index < -0.39 is 5.91 Å². The first-order valence-electron chi connectivity index (χ1n) is 16.2. The second-order valence-electron chi connectivity index (χ2n) is 11.7. The molecular formula is C36H39N9O3S2. The summed E-state index contributed by atoms with van der Waals surface area (Å²) in [7, 11) is 3.34. The molecule has 258 valence electrons. The lowest BCUT2D eigenvalue weighted by Gasteiger charge is -2.37. The first-order valence-corrected chi connectivity index (χ1v) is 17.4. The van der Waals surface area contributed by atoms with E-state index in [0.717, 1.165) is 85.4 Å². The number of ether oxygens (including phenoxy) is 2. The summed E-state index contributed by atoms with van der Waals surface area (Å²) in [5.41, 5.74) is 17.0. The van der Waals surface area contributed by atoms with E-state index >= 15 is 0 Å². The van der Waals surface area contributed by atoms with Crippen LogP contribution in [0.4, 0.5) is 28.4 Å². The minimum atomic E-state index is -0.509. The highest BCUT2D eigenvalue weighted by Crippen LogP contribution is 2.39. The molecule has 0 radical (unpaired) electrons. The molecule has 2 aliphatic rings. The van der Waals surface area contributed by atoms with Crippen molar-refractivity contribution in [2.45, 2.75) is 0 Å². The number of nitrogens with two attached hydrogens (primary N) is 2. The van der Waals surface area contributed by atoms with Crippen LogP contribution in [0.5, 0.6) is 11.5 Å². The number of methoxy groups -OCH3 is 2. The molecule has 7 rings (SSSR count). The van der Waals surface area contributed by atoms with Crippen molar-refractivity contribution < 1.29 is 14.3 Å². The van der Waals surface area contributed by atoms with Crippen molar-refractivity contribution >= 4 is 68.1 Å². The Labute approximate surface area is 300 Å². The largest absolute Gasteiger partial charge is 0.497 e. The average Bonchev–Trinajstić information content (AvgIpc) is 3.52. The Hall–Kier alpha value is -5.52. The van der Waals surface area contributed by atoms with E-state index in [9.17, 15) is 10.1 Å². The number of fused-ring (bicyclic) bond motifs is 1. The van der Waals surface area contributed by atoms with E-state index in [0.29, 0.717) is 20.8 Å². The quantitative estimate of drug-likeness (QED) is 0.190. The summed E-state index contributed by atoms with van der Waals surface area (Å²) < 4.78 is 10.9. The summed E-state index contributed by atoms with van der Waals surface area (Å²) >= 11 is 6.46. The van der Waals surface area contributed by atoms with E-state index in [-0.39, 0.29) is 0 Å². The van der Waals surface area contributed by atoms with Gasteiger partial charge in [0.25, 0.3) is 5.91 Å². The molecule has 2 aliphatic heterocycles. The highest BCUT2D eigenvalue weighted by Gasteiger charge is 2.24. The molecule has 0 unspecified atom stereocenters. The molecule has 1 amide bonds. The highest BCUT2D eigenvalue weighted by molar-refractivity contribution is 7.71. The Morgan fingerprint density at radius 1 is 0.820 bits per heavy atom. The van der Waals surface area contributed by atoms with Crippen LogP contribution in [0.3, 0.4) is 0 Å². The van der Waals surface area contributed by atoms with Crippen molar-refractivity contribution in [2.24, 2.45) is 5.73 Å². The number of amides is 1. The van der Waals surface area contributed by atoms with Crippen molar-refractivity contribution in [1.82, 2.24) is 9.97 Å². The van der Waals surface area contributed by atoms with Gasteiger partial charge < -0.3 is 45.5 Å². The molecule has 2 saturated heterocycles. The van der Waals surface area contributed by atoms with Crippen LogP contribution in [0.1, 0.15) is 15.2 Å². The van der Waals surface area contributed by atoms with E-state index in [1.54, 1.807) is 26.6 Å². The van der Waals surface area contributed by atoms with E-state index in [1.807, 2.05) is 36.4 Å². The minimum Gasteiger partial charge on any atom is -0.497 e. The zero-order chi connectivity index (χ0) is 35.2. The number of hydrogen-bond acceptors (Lipinski definition) is 12. The van der Waals surface area contributed by atoms with E-state index in [4.69, 9.17) is 33.2 Å². The van der Waals surface area contributed by atoms with Crippen LogP contribution >= 0.6 is 23.6 Å². The molecule has 5 heterocycles. The molecule has 5 N–H and O–H groups in total. The van der Waals surface area contributed by atoms with Crippen LogP contribution < -0.4 is 40.5 Å². The monoisotopic (exact) mass is 709 g/mol. The van der Waals surface area contributed by atoms with Crippen molar-refractivity contribution in [1.29, 1.82) is 5.26 Å². The van der Waals surface area contributed by atoms with Gasteiger partial charge in [0, 0.05) is 76.1 Å². The van der Waals surface area contributed by atoms with Gasteiger partial charge in [-0.2, -0.15) is 5.26 Å². The summed E-state index contributed by atoms with van der Waals surface area (Å²) in [6.07, 6.45) is 3.56. The van der Waals surface area contributed by atoms with E-state index in [1.165, 1.54) is 22.7 Å². The maximum absolute atomic E-state index is 11.6. The number of aromatic amines is 1. The number of primary amides is 1. The van der Waals surface area contributed by atoms with Gasteiger partial charge >= 0.3 is 0 Å². The number of benzene rings is 2. The number of thiophene rings is 1. The number of carbonyl (C=O) groups excluding carboxylic acids is 1. The number of H-pyrrole nitrogens is 1. The number of pyridine rings is 2. The van der Waals surface area contributed by atoms with Gasteiger partial charge in [0.15, 0.2) is 0 Å². The molecule has 5 aromatic rings. The summed E-state index contributed by atoms with van der Waals surface area (Å²) in [4.78, 5) is 29.2. The van der Waals surface area contributed by atoms with Gasteiger partial charge in [-0.05, 0) is 60.7 Å². The summed E-state index contributed by atoms with van der Waals surface area (Å²) in [5, 5.41) is 10.2. The summed E-state index contributed by atoms with van der Waals surface area (Å²) in [5.74, 6) is 1.21. The lowest BCUT2D eigenvalue weighted by Crippen LogP contribution is -2.46. The third-order valence-electron chi connectivity index (χ3n) is 9.00. The zero-order valence-electron chi connectivity index (χ0n) is 28.0. The third-order valence-corrected chi connectivity index (χ3v) is 10.4. The molecule has 12 nitrogen and oxygen atoms in total. The maximum atomic E-state index is 11.6. The predicted octanol–water partition coefficient (Wildman–Crippen LogP) is 5.26. The topological polar surface area (TPSA) is 153 Å². The Kier molecular flexibility index (Phi) is 10.5. The number of nitrogen functional groups attached to an aromatic ring is 1. The van der Waals surface area contributed by atoms with Crippen LogP contribution in [0, 0.1) is 16.0 Å². The Morgan fingerprint density at radius 2 is 1.32 bits per heavy atom. The number of rotatable bonds is 7. The number of carbonyl (C=O) groups is 1. The second-order valence-corrected chi connectivity index (χ2v) is 13.1. The fraction of sp³-hybridized carbons (Fsp3) is 0.278. The zero-order valence-corrected chi connectivity index (χ0v) is 29.6. The number of nitrogens with zero attached hydrogens (tertiary/aromatic N) is 6. The standard InChI is InChI=1S/C19H21N5O2S.C17H18N4OS/c1-26-13-4-2-12(3-5-13)23-8-10-24(11-9-23)14-6-7-22-19-15(14)16(20)17(27-19)18(21)25;1-22-14-4-2-13(3-5-14)20-8-10-21(11-9-20)16-6-7-19-17(23)15(16)12-18/h2-7H,8-11,20H2,1H3,(H2,21,25);2-7H,8-11H2,1H3,(H,19,23). The summed E-state index contributed by atoms with van der Waals surface area (Å²) in [6, 6.07) is 22.3. The van der Waals surface area contributed by atoms with Crippen LogP contribution in [0.15, 0.2) is 73.1 Å². The Balaban J connectivity index is 0.000000175. The smallest absolute Gasteiger partial charge is 0.260 e. The van der Waals surface area contributed by atoms with Gasteiger partial charge in [-0.1, -0.05) is 12.2 Å². The van der Waals surface area contributed by atoms with Gasteiger partial charge in [0.1, 0.15) is 37.5 Å². The number of nitrogens with one attached hydrogen (secondary N) is 1. The fourth-order valence-electron chi connectivity index (χ4n) is 6.31. The van der Waals surface area contributed by atoms with Crippen LogP contribution in [-0.4, -0.2) is 82.5 Å². The van der Waals surface area contributed by atoms with Gasteiger partial charge in [-0.15, -0.1) is 11.3 Å². The normalized spacial score (nSPS) is 14.5. The van der Waals surface area contributed by atoms with Gasteiger partial charge in [-0.25, -0.2) is 4.98 Å². The molecular weight excluding hydrogens is 671 g/mol. The second kappa shape index (κ2) is 15.4. The lowest BCUT2D eigenvalue weighted by atomic mass is 10.1. The van der Waals surface area contributed by atoms with Crippen molar-refractivity contribution in [2.75, 3.05) is 91.9 Å². The van der Waals surface area contributed by atoms with Gasteiger partial charge in [0.2, 0.25) is 0 Å². The molecule has 14 heteroatoms. The molecule has 0 aliphatic carbocycles. The van der Waals surface area contributed by atoms with Crippen molar-refractivity contribution in [3.63, 3.8) is 0 Å². The molecule has 2 aromatic carbocycles. The molecule has 0 bridgehead atoms. The maximum Gasteiger partial charge on any atom is 0.260 e. The highest BCUT2D eigenvalue weighted by atomic mass is 32.1. The van der Waals surface area contributed by atoms with Crippen LogP contribution in [0.2, 0.25) is 0 Å². The SMILES string of the molecule is COc1ccc(N2CCN(c3cc[nH]c(=S)c3C#N)CC2)cc1.COc1ccc(N2CCN(c3ccnc4sc(C(N)=O)c(N)c34)CC2)cc1. The molecule has 2 fully saturated rings. The number of hydrogen-bond donors (Lipinski definition) is 3. The fourth-order valence-corrected chi connectivity index (χ4v) is 7.47. The van der Waals surface area contributed by atoms with Crippen LogP contribution in [-0.2, 0) is 0 Å². The number of aromatic nitrogens is 2. The molecule has 0 saturated carbocycles. The predicted molar refractivity (Wildman–Crippen MR) is 204 cm³/mol. The molecule has 0 atom stereocenters.